The molecule has 0 radical (unpaired) electrons. The molecule has 1 aliphatic heterocycles. The van der Waals surface area contributed by atoms with E-state index in [4.69, 9.17) is 4.74 Å². The summed E-state index contributed by atoms with van der Waals surface area (Å²) in [5.74, 6) is 0. The van der Waals surface area contributed by atoms with Crippen LogP contribution in [-0.4, -0.2) is 9.78 Å². The highest BCUT2D eigenvalue weighted by Crippen LogP contribution is 2.35. The molecule has 3 nitrogen and oxygen atoms in total. The summed E-state index contributed by atoms with van der Waals surface area (Å²) in [4.78, 5) is 0. The molecule has 6 heteroatoms. The molecule has 2 heterocycles. The summed E-state index contributed by atoms with van der Waals surface area (Å²) >= 11 is 0. The average Bonchev–Trinajstić information content (AvgIpc) is 2.51. The van der Waals surface area contributed by atoms with Gasteiger partial charge in [0.2, 0.25) is 0 Å². The van der Waals surface area contributed by atoms with Crippen LogP contribution in [0.1, 0.15) is 17.0 Å². The number of nitrogens with zero attached hydrogens (tertiary/aromatic N) is 2. The van der Waals surface area contributed by atoms with Crippen LogP contribution in [0.5, 0.6) is 0 Å². The molecule has 0 unspecified atom stereocenters. The molecule has 0 saturated carbocycles. The number of rotatable bonds is 0. The zero-order valence-electron chi connectivity index (χ0n) is 6.85. The fourth-order valence-electron chi connectivity index (χ4n) is 1.41. The van der Waals surface area contributed by atoms with Gasteiger partial charge in [0.15, 0.2) is 5.69 Å². The molecule has 0 atom stereocenters. The molecule has 0 fully saturated rings. The van der Waals surface area contributed by atoms with E-state index >= 15 is 0 Å². The van der Waals surface area contributed by atoms with Crippen molar-refractivity contribution < 1.29 is 17.9 Å². The molecule has 1 aromatic rings. The Kier molecular flexibility index (Phi) is 1.63. The van der Waals surface area contributed by atoms with E-state index in [-0.39, 0.29) is 18.8 Å². The van der Waals surface area contributed by atoms with E-state index in [0.29, 0.717) is 5.69 Å². The van der Waals surface area contributed by atoms with Crippen LogP contribution in [0.3, 0.4) is 0 Å². The van der Waals surface area contributed by atoms with Gasteiger partial charge in [0.25, 0.3) is 0 Å². The smallest absolute Gasteiger partial charge is 0.370 e. The largest absolute Gasteiger partial charge is 0.435 e. The van der Waals surface area contributed by atoms with E-state index in [0.717, 1.165) is 0 Å². The van der Waals surface area contributed by atoms with Crippen LogP contribution in [0.4, 0.5) is 13.2 Å². The van der Waals surface area contributed by atoms with E-state index in [2.05, 4.69) is 5.10 Å². The standard InChI is InChI=1S/C7H7F3N2O/c1-12-5-3-13-2-4(5)6(11-12)7(8,9)10/h2-3H2,1H3. The van der Waals surface area contributed by atoms with Crippen LogP contribution in [-0.2, 0) is 31.2 Å². The Bertz CT molecular complexity index is 342. The summed E-state index contributed by atoms with van der Waals surface area (Å²) in [6.45, 7) is 0.229. The third kappa shape index (κ3) is 1.21. The second-order valence-electron chi connectivity index (χ2n) is 2.89. The fourth-order valence-corrected chi connectivity index (χ4v) is 1.41. The van der Waals surface area contributed by atoms with Crippen LogP contribution in [0.2, 0.25) is 0 Å². The summed E-state index contributed by atoms with van der Waals surface area (Å²) in [5, 5.41) is 3.42. The lowest BCUT2D eigenvalue weighted by Crippen LogP contribution is -2.09. The number of ether oxygens (including phenoxy) is 1. The molecule has 72 valence electrons. The first-order valence-corrected chi connectivity index (χ1v) is 3.70. The minimum Gasteiger partial charge on any atom is -0.370 e. The van der Waals surface area contributed by atoms with Gasteiger partial charge in [-0.05, 0) is 0 Å². The van der Waals surface area contributed by atoms with Gasteiger partial charge in [-0.1, -0.05) is 0 Å². The quantitative estimate of drug-likeness (QED) is 0.622. The monoisotopic (exact) mass is 192 g/mol. The lowest BCUT2D eigenvalue weighted by Gasteiger charge is -2.03. The molecule has 1 aromatic heterocycles. The van der Waals surface area contributed by atoms with Gasteiger partial charge in [-0.3, -0.25) is 4.68 Å². The van der Waals surface area contributed by atoms with Crippen LogP contribution in [0, 0.1) is 0 Å². The summed E-state index contributed by atoms with van der Waals surface area (Å²) < 4.78 is 43.1. The fraction of sp³-hybridized carbons (Fsp3) is 0.571. The highest BCUT2D eigenvalue weighted by atomic mass is 19.4. The Morgan fingerprint density at radius 1 is 1.38 bits per heavy atom. The molecule has 0 N–H and O–H groups in total. The maximum atomic E-state index is 12.3. The zero-order valence-corrected chi connectivity index (χ0v) is 6.85. The Morgan fingerprint density at radius 3 is 2.69 bits per heavy atom. The van der Waals surface area contributed by atoms with Crippen LogP contribution in [0.25, 0.3) is 0 Å². The molecule has 13 heavy (non-hydrogen) atoms. The van der Waals surface area contributed by atoms with E-state index in [1.165, 1.54) is 11.7 Å². The van der Waals surface area contributed by atoms with Gasteiger partial charge in [-0.15, -0.1) is 0 Å². The lowest BCUT2D eigenvalue weighted by molar-refractivity contribution is -0.142. The van der Waals surface area contributed by atoms with E-state index < -0.39 is 11.9 Å². The van der Waals surface area contributed by atoms with Crippen LogP contribution in [0.15, 0.2) is 0 Å². The molecule has 0 aliphatic carbocycles. The van der Waals surface area contributed by atoms with E-state index in [9.17, 15) is 13.2 Å². The predicted molar refractivity (Wildman–Crippen MR) is 36.7 cm³/mol. The number of aromatic nitrogens is 2. The van der Waals surface area contributed by atoms with Crippen molar-refractivity contribution in [1.82, 2.24) is 9.78 Å². The van der Waals surface area contributed by atoms with Crippen molar-refractivity contribution >= 4 is 0 Å². The maximum Gasteiger partial charge on any atom is 0.435 e. The zero-order chi connectivity index (χ0) is 9.64. The topological polar surface area (TPSA) is 27.1 Å². The number of hydrogen-bond acceptors (Lipinski definition) is 2. The van der Waals surface area contributed by atoms with Gasteiger partial charge in [0.1, 0.15) is 0 Å². The molecule has 0 amide bonds. The Morgan fingerprint density at radius 2 is 2.08 bits per heavy atom. The van der Waals surface area contributed by atoms with Crippen molar-refractivity contribution in [3.05, 3.63) is 17.0 Å². The Labute approximate surface area is 72.1 Å². The molecule has 0 bridgehead atoms. The van der Waals surface area contributed by atoms with E-state index in [1.807, 2.05) is 0 Å². The van der Waals surface area contributed by atoms with Gasteiger partial charge in [-0.2, -0.15) is 18.3 Å². The molecule has 0 saturated heterocycles. The molecule has 0 aromatic carbocycles. The SMILES string of the molecule is Cn1nc(C(F)(F)F)c2c1COC2. The number of fused-ring (bicyclic) bond motifs is 1. The van der Waals surface area contributed by atoms with Crippen molar-refractivity contribution in [2.24, 2.45) is 7.05 Å². The minimum atomic E-state index is -4.38. The van der Waals surface area contributed by atoms with Gasteiger partial charge in [-0.25, -0.2) is 0 Å². The van der Waals surface area contributed by atoms with Gasteiger partial charge in [0.05, 0.1) is 18.9 Å². The Balaban J connectivity index is 2.55. The molecular formula is C7H7F3N2O. The summed E-state index contributed by atoms with van der Waals surface area (Å²) in [7, 11) is 1.49. The first kappa shape index (κ1) is 8.55. The van der Waals surface area contributed by atoms with Crippen molar-refractivity contribution in [1.29, 1.82) is 0 Å². The summed E-state index contributed by atoms with van der Waals surface area (Å²) in [6, 6.07) is 0. The predicted octanol–water partition coefficient (Wildman–Crippen LogP) is 1.47. The first-order chi connectivity index (χ1) is 6.00. The van der Waals surface area contributed by atoms with Gasteiger partial charge >= 0.3 is 6.18 Å². The lowest BCUT2D eigenvalue weighted by atomic mass is 10.2. The van der Waals surface area contributed by atoms with Crippen molar-refractivity contribution in [2.45, 2.75) is 19.4 Å². The van der Waals surface area contributed by atoms with Crippen molar-refractivity contribution in [3.63, 3.8) is 0 Å². The van der Waals surface area contributed by atoms with Crippen LogP contribution < -0.4 is 0 Å². The molecular weight excluding hydrogens is 185 g/mol. The second-order valence-corrected chi connectivity index (χ2v) is 2.89. The number of halogens is 3. The number of aryl methyl sites for hydroxylation is 1. The first-order valence-electron chi connectivity index (χ1n) is 3.70. The van der Waals surface area contributed by atoms with Crippen molar-refractivity contribution in [3.8, 4) is 0 Å². The third-order valence-corrected chi connectivity index (χ3v) is 2.03. The molecule has 0 spiro atoms. The molecule has 2 rings (SSSR count). The van der Waals surface area contributed by atoms with Crippen molar-refractivity contribution in [2.75, 3.05) is 0 Å². The normalized spacial score (nSPS) is 16.3. The maximum absolute atomic E-state index is 12.3. The number of hydrogen-bond donors (Lipinski definition) is 0. The summed E-state index contributed by atoms with van der Waals surface area (Å²) in [6.07, 6.45) is -4.38. The van der Waals surface area contributed by atoms with Gasteiger partial charge < -0.3 is 4.74 Å². The van der Waals surface area contributed by atoms with Gasteiger partial charge in [0, 0.05) is 12.6 Å². The van der Waals surface area contributed by atoms with Crippen LogP contribution >= 0.6 is 0 Å². The average molecular weight is 192 g/mol. The number of alkyl halides is 3. The molecule has 1 aliphatic rings. The summed E-state index contributed by atoms with van der Waals surface area (Å²) in [5.41, 5.74) is -0.121. The highest BCUT2D eigenvalue weighted by molar-refractivity contribution is 5.29. The highest BCUT2D eigenvalue weighted by Gasteiger charge is 2.40. The second kappa shape index (κ2) is 2.47. The Hall–Kier alpha value is -1.04. The minimum absolute atomic E-state index is 0.0119. The third-order valence-electron chi connectivity index (χ3n) is 2.03. The van der Waals surface area contributed by atoms with E-state index in [1.54, 1.807) is 0 Å².